The fraction of sp³-hybridized carbons (Fsp3) is 0.391. The van der Waals surface area contributed by atoms with Crippen LogP contribution >= 0.6 is 0 Å². The Morgan fingerprint density at radius 3 is 1.26 bits per heavy atom. The molecule has 1 fully saturated rings. The van der Waals surface area contributed by atoms with Gasteiger partial charge in [-0.2, -0.15) is 0 Å². The van der Waals surface area contributed by atoms with Crippen LogP contribution in [0.4, 0.5) is 11.4 Å². The second-order valence-corrected chi connectivity index (χ2v) is 7.89. The van der Waals surface area contributed by atoms with E-state index in [0.717, 1.165) is 33.6 Å². The van der Waals surface area contributed by atoms with E-state index >= 15 is 0 Å². The minimum atomic E-state index is -0.695. The number of carbonyl (C=O) groups excluding carboxylic acids is 2. The standard InChI is InChI=1S/C23H28N2O2/c1-13-8-15(3)20(16(4)9-13)24-12-25(23(27)19(7)22(24)26)21-17(5)10-14(2)11-18(21)6/h8-11,19H,12H2,1-7H3. The fourth-order valence-corrected chi connectivity index (χ4v) is 4.41. The minimum absolute atomic E-state index is 0.131. The molecule has 1 heterocycles. The Morgan fingerprint density at radius 1 is 0.667 bits per heavy atom. The third kappa shape index (κ3) is 3.25. The number of amides is 2. The molecular formula is C23H28N2O2. The molecule has 142 valence electrons. The summed E-state index contributed by atoms with van der Waals surface area (Å²) < 4.78 is 0. The Morgan fingerprint density at radius 2 is 0.963 bits per heavy atom. The monoisotopic (exact) mass is 364 g/mol. The highest BCUT2D eigenvalue weighted by molar-refractivity contribution is 6.16. The van der Waals surface area contributed by atoms with Crippen LogP contribution in [0.25, 0.3) is 0 Å². The van der Waals surface area contributed by atoms with E-state index in [-0.39, 0.29) is 18.5 Å². The summed E-state index contributed by atoms with van der Waals surface area (Å²) in [4.78, 5) is 29.6. The lowest BCUT2D eigenvalue weighted by Crippen LogP contribution is -2.57. The minimum Gasteiger partial charge on any atom is -0.292 e. The van der Waals surface area contributed by atoms with E-state index < -0.39 is 5.92 Å². The van der Waals surface area contributed by atoms with E-state index in [1.807, 2.05) is 27.7 Å². The largest absolute Gasteiger partial charge is 0.292 e. The van der Waals surface area contributed by atoms with Crippen LogP contribution in [0.15, 0.2) is 24.3 Å². The highest BCUT2D eigenvalue weighted by atomic mass is 16.2. The number of hydrogen-bond acceptors (Lipinski definition) is 2. The van der Waals surface area contributed by atoms with Crippen LogP contribution in [0.1, 0.15) is 40.3 Å². The van der Waals surface area contributed by atoms with Gasteiger partial charge in [0.15, 0.2) is 0 Å². The van der Waals surface area contributed by atoms with Crippen LogP contribution in [-0.4, -0.2) is 18.5 Å². The summed E-state index contributed by atoms with van der Waals surface area (Å²) in [5.74, 6) is -0.957. The summed E-state index contributed by atoms with van der Waals surface area (Å²) in [6, 6.07) is 8.35. The maximum atomic E-state index is 13.0. The van der Waals surface area contributed by atoms with Gasteiger partial charge in [0.25, 0.3) is 0 Å². The summed E-state index contributed by atoms with van der Waals surface area (Å²) >= 11 is 0. The highest BCUT2D eigenvalue weighted by Gasteiger charge is 2.40. The zero-order valence-electron chi connectivity index (χ0n) is 17.3. The zero-order valence-corrected chi connectivity index (χ0v) is 17.3. The van der Waals surface area contributed by atoms with Crippen LogP contribution in [0.2, 0.25) is 0 Å². The number of hydrogen-bond donors (Lipinski definition) is 0. The predicted molar refractivity (Wildman–Crippen MR) is 110 cm³/mol. The molecular weight excluding hydrogens is 336 g/mol. The summed E-state index contributed by atoms with van der Waals surface area (Å²) in [5, 5.41) is 0. The molecule has 0 saturated carbocycles. The SMILES string of the molecule is Cc1cc(C)c(N2CN(c3c(C)cc(C)cc3C)C(=O)C(C)C2=O)c(C)c1. The number of rotatable bonds is 2. The third-order valence-electron chi connectivity index (χ3n) is 5.37. The number of nitrogens with zero attached hydrogens (tertiary/aromatic N) is 2. The Hall–Kier alpha value is -2.62. The average Bonchev–Trinajstić information content (AvgIpc) is 2.54. The number of carbonyl (C=O) groups is 2. The van der Waals surface area contributed by atoms with E-state index in [1.54, 1.807) is 16.7 Å². The average molecular weight is 364 g/mol. The molecule has 0 unspecified atom stereocenters. The van der Waals surface area contributed by atoms with Crippen molar-refractivity contribution in [3.05, 3.63) is 57.6 Å². The summed E-state index contributed by atoms with van der Waals surface area (Å²) in [7, 11) is 0. The van der Waals surface area contributed by atoms with Gasteiger partial charge in [-0.25, -0.2) is 0 Å². The smallest absolute Gasteiger partial charge is 0.240 e. The second kappa shape index (κ2) is 6.84. The molecule has 27 heavy (non-hydrogen) atoms. The molecule has 0 aromatic heterocycles. The first-order valence-electron chi connectivity index (χ1n) is 9.40. The van der Waals surface area contributed by atoms with Gasteiger partial charge in [-0.1, -0.05) is 35.4 Å². The maximum absolute atomic E-state index is 13.0. The lowest BCUT2D eigenvalue weighted by Gasteiger charge is -2.40. The van der Waals surface area contributed by atoms with Crippen molar-refractivity contribution in [3.8, 4) is 0 Å². The van der Waals surface area contributed by atoms with Crippen LogP contribution < -0.4 is 9.80 Å². The first-order chi connectivity index (χ1) is 12.6. The molecule has 0 aliphatic carbocycles. The molecule has 3 rings (SSSR count). The van der Waals surface area contributed by atoms with Gasteiger partial charge in [0.1, 0.15) is 12.6 Å². The number of anilines is 2. The van der Waals surface area contributed by atoms with Crippen LogP contribution in [0.5, 0.6) is 0 Å². The quantitative estimate of drug-likeness (QED) is 0.736. The predicted octanol–water partition coefficient (Wildman–Crippen LogP) is 4.51. The molecule has 0 bridgehead atoms. The first kappa shape index (κ1) is 19.2. The van der Waals surface area contributed by atoms with Crippen molar-refractivity contribution in [3.63, 3.8) is 0 Å². The van der Waals surface area contributed by atoms with E-state index in [1.165, 1.54) is 11.1 Å². The number of aryl methyl sites for hydroxylation is 6. The molecule has 0 spiro atoms. The van der Waals surface area contributed by atoms with Crippen molar-refractivity contribution in [2.75, 3.05) is 16.5 Å². The van der Waals surface area contributed by atoms with E-state index in [4.69, 9.17) is 0 Å². The van der Waals surface area contributed by atoms with Gasteiger partial charge in [0.05, 0.1) is 11.4 Å². The van der Waals surface area contributed by atoms with Crippen molar-refractivity contribution < 1.29 is 9.59 Å². The van der Waals surface area contributed by atoms with Gasteiger partial charge in [0, 0.05) is 0 Å². The van der Waals surface area contributed by atoms with Gasteiger partial charge in [0.2, 0.25) is 11.8 Å². The van der Waals surface area contributed by atoms with Gasteiger partial charge < -0.3 is 0 Å². The Balaban J connectivity index is 2.12. The molecule has 0 N–H and O–H groups in total. The third-order valence-corrected chi connectivity index (χ3v) is 5.37. The molecule has 2 aromatic carbocycles. The van der Waals surface area contributed by atoms with Crippen LogP contribution in [0.3, 0.4) is 0 Å². The maximum Gasteiger partial charge on any atom is 0.240 e. The second-order valence-electron chi connectivity index (χ2n) is 7.89. The lowest BCUT2D eigenvalue weighted by molar-refractivity contribution is -0.133. The topological polar surface area (TPSA) is 40.6 Å². The summed E-state index contributed by atoms with van der Waals surface area (Å²) in [5.41, 5.74) is 8.39. The Bertz CT molecular complexity index is 824. The van der Waals surface area contributed by atoms with Gasteiger partial charge >= 0.3 is 0 Å². The van der Waals surface area contributed by atoms with Gasteiger partial charge in [-0.3, -0.25) is 19.4 Å². The van der Waals surface area contributed by atoms with Gasteiger partial charge in [-0.15, -0.1) is 0 Å². The first-order valence-corrected chi connectivity index (χ1v) is 9.40. The van der Waals surface area contributed by atoms with Crippen molar-refractivity contribution in [2.45, 2.75) is 48.5 Å². The van der Waals surface area contributed by atoms with Crippen molar-refractivity contribution in [1.29, 1.82) is 0 Å². The van der Waals surface area contributed by atoms with Crippen molar-refractivity contribution >= 4 is 23.2 Å². The normalized spacial score (nSPS) is 15.7. The molecule has 0 radical (unpaired) electrons. The van der Waals surface area contributed by atoms with E-state index in [9.17, 15) is 9.59 Å². The molecule has 0 atom stereocenters. The van der Waals surface area contributed by atoms with Crippen LogP contribution in [-0.2, 0) is 9.59 Å². The highest BCUT2D eigenvalue weighted by Crippen LogP contribution is 2.34. The molecule has 1 aliphatic rings. The summed E-state index contributed by atoms with van der Waals surface area (Å²) in [6.45, 7) is 14.2. The lowest BCUT2D eigenvalue weighted by atomic mass is 9.98. The molecule has 1 aliphatic heterocycles. The Labute approximate surface area is 161 Å². The molecule has 4 heteroatoms. The van der Waals surface area contributed by atoms with E-state index in [2.05, 4.69) is 38.1 Å². The fourth-order valence-electron chi connectivity index (χ4n) is 4.41. The molecule has 2 aromatic rings. The van der Waals surface area contributed by atoms with E-state index in [0.29, 0.717) is 0 Å². The van der Waals surface area contributed by atoms with Crippen molar-refractivity contribution in [2.24, 2.45) is 5.92 Å². The van der Waals surface area contributed by atoms with Gasteiger partial charge in [-0.05, 0) is 70.7 Å². The molecule has 2 amide bonds. The zero-order chi connectivity index (χ0) is 20.0. The molecule has 4 nitrogen and oxygen atoms in total. The Kier molecular flexibility index (Phi) is 4.85. The molecule has 1 saturated heterocycles. The van der Waals surface area contributed by atoms with Crippen LogP contribution in [0, 0.1) is 47.5 Å². The summed E-state index contributed by atoms with van der Waals surface area (Å²) in [6.07, 6.45) is 0. The number of benzene rings is 2. The van der Waals surface area contributed by atoms with Crippen molar-refractivity contribution in [1.82, 2.24) is 0 Å².